The van der Waals surface area contributed by atoms with Crippen LogP contribution in [0.3, 0.4) is 0 Å². The number of aliphatic hydroxyl groups is 1. The molecule has 5 N–H and O–H groups in total. The van der Waals surface area contributed by atoms with E-state index >= 15 is 0 Å². The number of rotatable bonds is 5. The lowest BCUT2D eigenvalue weighted by Crippen LogP contribution is -2.38. The van der Waals surface area contributed by atoms with Gasteiger partial charge >= 0.3 is 5.97 Å². The Labute approximate surface area is 135 Å². The number of hydrogen-bond acceptors (Lipinski definition) is 4. The van der Waals surface area contributed by atoms with Crippen LogP contribution in [0.4, 0.5) is 0 Å². The number of carbonyl (C=O) groups is 1. The highest BCUT2D eigenvalue weighted by Crippen LogP contribution is 2.35. The number of carboxylic acid groups (broad SMARTS) is 1. The van der Waals surface area contributed by atoms with E-state index in [1.807, 2.05) is 27.7 Å². The lowest BCUT2D eigenvalue weighted by molar-refractivity contribution is 0.0690. The molecule has 1 heterocycles. The summed E-state index contributed by atoms with van der Waals surface area (Å²) >= 11 is 0. The van der Waals surface area contributed by atoms with Crippen molar-refractivity contribution in [2.75, 3.05) is 6.54 Å². The van der Waals surface area contributed by atoms with Gasteiger partial charge in [-0.3, -0.25) is 0 Å². The summed E-state index contributed by atoms with van der Waals surface area (Å²) < 4.78 is 0. The molecule has 0 amide bonds. The Balaban J connectivity index is 2.56. The lowest BCUT2D eigenvalue weighted by atomic mass is 9.98. The molecular weight excluding hydrogens is 296 g/mol. The molecule has 1 aromatic carbocycles. The predicted octanol–water partition coefficient (Wildman–Crippen LogP) is 2.56. The zero-order valence-corrected chi connectivity index (χ0v) is 13.9. The molecule has 0 saturated heterocycles. The minimum absolute atomic E-state index is 0.0260. The number of phenolic OH excluding ortho intramolecular Hbond substituents is 1. The number of aromatic carboxylic acids is 1. The Morgan fingerprint density at radius 1 is 1.35 bits per heavy atom. The molecule has 2 rings (SSSR count). The number of β-amino-alcohol motifs (C(OH)–C–C–N with tert-alkyl or cyclic N) is 1. The van der Waals surface area contributed by atoms with Crippen molar-refractivity contribution in [1.29, 1.82) is 0 Å². The van der Waals surface area contributed by atoms with E-state index < -0.39 is 12.1 Å². The van der Waals surface area contributed by atoms with Crippen molar-refractivity contribution in [2.45, 2.75) is 45.8 Å². The van der Waals surface area contributed by atoms with Crippen molar-refractivity contribution in [1.82, 2.24) is 10.3 Å². The molecule has 0 aliphatic rings. The van der Waals surface area contributed by atoms with E-state index in [4.69, 9.17) is 0 Å². The van der Waals surface area contributed by atoms with Gasteiger partial charge in [0, 0.05) is 17.5 Å². The van der Waals surface area contributed by atoms with Crippen molar-refractivity contribution in [3.8, 4) is 5.75 Å². The molecule has 6 heteroatoms. The van der Waals surface area contributed by atoms with Crippen LogP contribution in [-0.2, 0) is 6.42 Å². The molecule has 23 heavy (non-hydrogen) atoms. The predicted molar refractivity (Wildman–Crippen MR) is 89.0 cm³/mol. The molecular formula is C17H24N2O4. The molecule has 1 unspecified atom stereocenters. The van der Waals surface area contributed by atoms with Gasteiger partial charge in [0.15, 0.2) is 0 Å². The first-order valence-electron chi connectivity index (χ1n) is 7.68. The number of nitrogens with one attached hydrogen (secondary N) is 2. The van der Waals surface area contributed by atoms with Crippen molar-refractivity contribution < 1.29 is 20.1 Å². The van der Waals surface area contributed by atoms with E-state index in [-0.39, 0.29) is 17.0 Å². The van der Waals surface area contributed by atoms with Gasteiger partial charge in [-0.15, -0.1) is 0 Å². The number of aromatic hydroxyl groups is 1. The van der Waals surface area contributed by atoms with Crippen LogP contribution in [0.2, 0.25) is 0 Å². The average Bonchev–Trinajstić information content (AvgIpc) is 2.85. The zero-order valence-electron chi connectivity index (χ0n) is 13.9. The van der Waals surface area contributed by atoms with Crippen LogP contribution >= 0.6 is 0 Å². The second kappa shape index (κ2) is 6.22. The van der Waals surface area contributed by atoms with Gasteiger partial charge in [0.05, 0.1) is 11.6 Å². The Bertz CT molecular complexity index is 728. The van der Waals surface area contributed by atoms with E-state index in [0.717, 1.165) is 0 Å². The van der Waals surface area contributed by atoms with Crippen LogP contribution < -0.4 is 5.32 Å². The molecule has 0 fully saturated rings. The van der Waals surface area contributed by atoms with Gasteiger partial charge in [0.1, 0.15) is 11.4 Å². The maximum Gasteiger partial charge on any atom is 0.352 e. The highest BCUT2D eigenvalue weighted by molar-refractivity contribution is 6.01. The summed E-state index contributed by atoms with van der Waals surface area (Å²) in [5.74, 6) is -1.10. The van der Waals surface area contributed by atoms with Crippen LogP contribution in [0.15, 0.2) is 12.1 Å². The maximum absolute atomic E-state index is 11.4. The normalized spacial score (nSPS) is 13.4. The maximum atomic E-state index is 11.4. The van der Waals surface area contributed by atoms with Gasteiger partial charge in [0.2, 0.25) is 0 Å². The van der Waals surface area contributed by atoms with Gasteiger partial charge in [-0.1, -0.05) is 13.0 Å². The molecule has 2 aromatic rings. The monoisotopic (exact) mass is 320 g/mol. The largest absolute Gasteiger partial charge is 0.506 e. The second-order valence-electron chi connectivity index (χ2n) is 6.71. The van der Waals surface area contributed by atoms with Crippen LogP contribution in [0.25, 0.3) is 10.9 Å². The average molecular weight is 320 g/mol. The van der Waals surface area contributed by atoms with E-state index in [1.165, 1.54) is 6.07 Å². The molecule has 0 saturated carbocycles. The van der Waals surface area contributed by atoms with E-state index in [1.54, 1.807) is 6.07 Å². The zero-order chi connectivity index (χ0) is 17.4. The Morgan fingerprint density at radius 3 is 2.52 bits per heavy atom. The number of phenols is 1. The molecule has 0 aliphatic carbocycles. The van der Waals surface area contributed by atoms with Gasteiger partial charge in [0.25, 0.3) is 0 Å². The number of aliphatic hydroxyl groups excluding tert-OH is 1. The minimum atomic E-state index is -1.08. The van der Waals surface area contributed by atoms with Gasteiger partial charge in [-0.05, 0) is 44.4 Å². The lowest BCUT2D eigenvalue weighted by Gasteiger charge is -2.23. The number of fused-ring (bicyclic) bond motifs is 1. The smallest absolute Gasteiger partial charge is 0.352 e. The summed E-state index contributed by atoms with van der Waals surface area (Å²) in [6.45, 7) is 8.19. The molecule has 1 aromatic heterocycles. The van der Waals surface area contributed by atoms with Crippen molar-refractivity contribution >= 4 is 16.9 Å². The third kappa shape index (κ3) is 3.48. The summed E-state index contributed by atoms with van der Waals surface area (Å²) in [6.07, 6.45) is -0.322. The van der Waals surface area contributed by atoms with Crippen molar-refractivity contribution in [2.24, 2.45) is 0 Å². The highest BCUT2D eigenvalue weighted by Gasteiger charge is 2.23. The number of aromatic nitrogens is 1. The fourth-order valence-electron chi connectivity index (χ4n) is 2.71. The summed E-state index contributed by atoms with van der Waals surface area (Å²) in [7, 11) is 0. The molecule has 1 atom stereocenters. The van der Waals surface area contributed by atoms with Crippen LogP contribution in [0, 0.1) is 0 Å². The minimum Gasteiger partial charge on any atom is -0.506 e. The quantitative estimate of drug-likeness (QED) is 0.582. The molecule has 0 bridgehead atoms. The topological polar surface area (TPSA) is 106 Å². The number of aryl methyl sites for hydroxylation is 1. The number of H-pyrrole nitrogens is 1. The van der Waals surface area contributed by atoms with Gasteiger partial charge < -0.3 is 25.6 Å². The van der Waals surface area contributed by atoms with E-state index in [0.29, 0.717) is 35.0 Å². The fraction of sp³-hybridized carbons (Fsp3) is 0.471. The number of carboxylic acids is 1. The summed E-state index contributed by atoms with van der Waals surface area (Å²) in [5.41, 5.74) is 1.46. The molecule has 0 radical (unpaired) electrons. The number of aromatic amines is 1. The van der Waals surface area contributed by atoms with Gasteiger partial charge in [-0.25, -0.2) is 4.79 Å². The number of benzene rings is 1. The first-order valence-corrected chi connectivity index (χ1v) is 7.68. The second-order valence-corrected chi connectivity index (χ2v) is 6.71. The van der Waals surface area contributed by atoms with Crippen LogP contribution in [-0.4, -0.2) is 38.4 Å². The fourth-order valence-corrected chi connectivity index (χ4v) is 2.71. The first-order chi connectivity index (χ1) is 10.7. The third-order valence-electron chi connectivity index (χ3n) is 3.82. The van der Waals surface area contributed by atoms with Crippen molar-refractivity contribution in [3.05, 3.63) is 29.0 Å². The summed E-state index contributed by atoms with van der Waals surface area (Å²) in [6, 6.07) is 3.12. The summed E-state index contributed by atoms with van der Waals surface area (Å²) in [4.78, 5) is 14.2. The summed E-state index contributed by atoms with van der Waals surface area (Å²) in [5, 5.41) is 33.7. The molecule has 0 aliphatic heterocycles. The van der Waals surface area contributed by atoms with E-state index in [9.17, 15) is 20.1 Å². The first kappa shape index (κ1) is 17.3. The van der Waals surface area contributed by atoms with Crippen LogP contribution in [0.5, 0.6) is 5.75 Å². The van der Waals surface area contributed by atoms with Crippen molar-refractivity contribution in [3.63, 3.8) is 0 Å². The standard InChI is InChI=1S/C17H24N2O4/c1-5-9-13-10(12(21)8-18-17(2,3)4)6-7-11(20)15(13)19-14(9)16(22)23/h6-7,12,18-21H,5,8H2,1-4H3,(H,22,23). The molecule has 0 spiro atoms. The van der Waals surface area contributed by atoms with E-state index in [2.05, 4.69) is 10.3 Å². The number of hydrogen-bond donors (Lipinski definition) is 5. The Morgan fingerprint density at radius 2 is 2.00 bits per heavy atom. The SMILES string of the molecule is CCc1c(C(=O)O)[nH]c2c(O)ccc(C(O)CNC(C)(C)C)c12. The van der Waals surface area contributed by atoms with Gasteiger partial charge in [-0.2, -0.15) is 0 Å². The molecule has 126 valence electrons. The highest BCUT2D eigenvalue weighted by atomic mass is 16.4. The van der Waals surface area contributed by atoms with Crippen LogP contribution in [0.1, 0.15) is 55.4 Å². The molecule has 6 nitrogen and oxygen atoms in total. The Kier molecular flexibility index (Phi) is 4.68. The Hall–Kier alpha value is -2.05. The third-order valence-corrected chi connectivity index (χ3v) is 3.82.